The van der Waals surface area contributed by atoms with Crippen molar-refractivity contribution in [2.45, 2.75) is 25.7 Å². The van der Waals surface area contributed by atoms with Gasteiger partial charge in [-0.15, -0.1) is 0 Å². The van der Waals surface area contributed by atoms with Crippen LogP contribution in [0, 0.1) is 0 Å². The van der Waals surface area contributed by atoms with E-state index in [9.17, 15) is 0 Å². The van der Waals surface area contributed by atoms with Crippen molar-refractivity contribution in [1.82, 2.24) is 15.2 Å². The zero-order valence-electron chi connectivity index (χ0n) is 10.5. The number of nitrogens with zero attached hydrogens (tertiary/aromatic N) is 2. The molecular formula is C13H16Cl2N4. The van der Waals surface area contributed by atoms with E-state index in [4.69, 9.17) is 28.9 Å². The zero-order valence-corrected chi connectivity index (χ0v) is 12.0. The second kappa shape index (κ2) is 6.89. The van der Waals surface area contributed by atoms with Gasteiger partial charge in [0.2, 0.25) is 0 Å². The van der Waals surface area contributed by atoms with E-state index in [1.165, 1.54) is 0 Å². The molecule has 6 heteroatoms. The smallest absolute Gasteiger partial charge is 0.182 e. The summed E-state index contributed by atoms with van der Waals surface area (Å²) in [4.78, 5) is 4.44. The van der Waals surface area contributed by atoms with E-state index in [1.54, 1.807) is 18.2 Å². The van der Waals surface area contributed by atoms with Crippen LogP contribution in [-0.4, -0.2) is 21.7 Å². The molecule has 0 aliphatic carbocycles. The third-order valence-electron chi connectivity index (χ3n) is 2.82. The zero-order chi connectivity index (χ0) is 13.7. The maximum atomic E-state index is 6.12. The fraction of sp³-hybridized carbons (Fsp3) is 0.385. The number of nitrogens with one attached hydrogen (secondary N) is 1. The van der Waals surface area contributed by atoms with Crippen LogP contribution in [0.15, 0.2) is 18.2 Å². The van der Waals surface area contributed by atoms with Crippen molar-refractivity contribution in [2.75, 3.05) is 6.54 Å². The monoisotopic (exact) mass is 298 g/mol. The lowest BCUT2D eigenvalue weighted by Gasteiger charge is -1.99. The Balaban J connectivity index is 2.06. The van der Waals surface area contributed by atoms with Crippen molar-refractivity contribution in [2.24, 2.45) is 5.73 Å². The van der Waals surface area contributed by atoms with Gasteiger partial charge < -0.3 is 5.73 Å². The lowest BCUT2D eigenvalue weighted by atomic mass is 10.2. The van der Waals surface area contributed by atoms with Crippen LogP contribution < -0.4 is 5.73 Å². The van der Waals surface area contributed by atoms with Crippen LogP contribution in [0.5, 0.6) is 0 Å². The number of benzene rings is 1. The Morgan fingerprint density at radius 2 is 2.00 bits per heavy atom. The van der Waals surface area contributed by atoms with Crippen molar-refractivity contribution < 1.29 is 0 Å². The standard InChI is InChI=1S/C13H16Cl2N4/c14-9-5-6-11(15)10(8-9)13-17-12(18-19-13)4-2-1-3-7-16/h5-6,8H,1-4,7,16H2,(H,17,18,19). The third-order valence-corrected chi connectivity index (χ3v) is 3.38. The second-order valence-corrected chi connectivity index (χ2v) is 5.17. The fourth-order valence-electron chi connectivity index (χ4n) is 1.81. The summed E-state index contributed by atoms with van der Waals surface area (Å²) in [5.74, 6) is 1.45. The fourth-order valence-corrected chi connectivity index (χ4v) is 2.18. The van der Waals surface area contributed by atoms with Gasteiger partial charge in [0.15, 0.2) is 5.82 Å². The molecule has 0 unspecified atom stereocenters. The summed E-state index contributed by atoms with van der Waals surface area (Å²) in [6.07, 6.45) is 4.06. The molecule has 0 aliphatic heterocycles. The number of rotatable bonds is 6. The largest absolute Gasteiger partial charge is 0.330 e. The molecular weight excluding hydrogens is 283 g/mol. The van der Waals surface area contributed by atoms with Gasteiger partial charge in [-0.1, -0.05) is 29.6 Å². The van der Waals surface area contributed by atoms with Crippen LogP contribution in [0.25, 0.3) is 11.4 Å². The van der Waals surface area contributed by atoms with Crippen molar-refractivity contribution in [1.29, 1.82) is 0 Å². The molecule has 2 rings (SSSR count). The molecule has 4 nitrogen and oxygen atoms in total. The number of nitrogens with two attached hydrogens (primary N) is 1. The number of H-pyrrole nitrogens is 1. The highest BCUT2D eigenvalue weighted by Crippen LogP contribution is 2.28. The Morgan fingerprint density at radius 3 is 2.79 bits per heavy atom. The van der Waals surface area contributed by atoms with E-state index < -0.39 is 0 Å². The minimum absolute atomic E-state index is 0.585. The molecule has 0 saturated carbocycles. The molecule has 0 radical (unpaired) electrons. The van der Waals surface area contributed by atoms with Gasteiger partial charge in [-0.3, -0.25) is 5.10 Å². The lowest BCUT2D eigenvalue weighted by Crippen LogP contribution is -1.98. The summed E-state index contributed by atoms with van der Waals surface area (Å²) in [5.41, 5.74) is 6.20. The number of hydrogen-bond acceptors (Lipinski definition) is 3. The van der Waals surface area contributed by atoms with Crippen molar-refractivity contribution in [3.05, 3.63) is 34.1 Å². The molecule has 2 aromatic rings. The Morgan fingerprint density at radius 1 is 1.16 bits per heavy atom. The summed E-state index contributed by atoms with van der Waals surface area (Å²) < 4.78 is 0. The predicted molar refractivity (Wildman–Crippen MR) is 78.4 cm³/mol. The normalized spacial score (nSPS) is 10.9. The van der Waals surface area contributed by atoms with Gasteiger partial charge in [-0.2, -0.15) is 5.10 Å². The van der Waals surface area contributed by atoms with E-state index in [0.717, 1.165) is 43.6 Å². The van der Waals surface area contributed by atoms with Gasteiger partial charge in [0.1, 0.15) is 5.82 Å². The van der Waals surface area contributed by atoms with Crippen LogP contribution in [0.2, 0.25) is 10.0 Å². The molecule has 19 heavy (non-hydrogen) atoms. The van der Waals surface area contributed by atoms with Gasteiger partial charge in [-0.25, -0.2) is 4.98 Å². The topological polar surface area (TPSA) is 67.6 Å². The molecule has 0 atom stereocenters. The lowest BCUT2D eigenvalue weighted by molar-refractivity contribution is 0.670. The number of aryl methyl sites for hydroxylation is 1. The van der Waals surface area contributed by atoms with E-state index in [1.807, 2.05) is 0 Å². The molecule has 0 amide bonds. The first kappa shape index (κ1) is 14.3. The van der Waals surface area contributed by atoms with E-state index >= 15 is 0 Å². The Labute approximate surface area is 122 Å². The molecule has 0 spiro atoms. The van der Waals surface area contributed by atoms with Crippen LogP contribution in [0.4, 0.5) is 0 Å². The van der Waals surface area contributed by atoms with Gasteiger partial charge in [0.05, 0.1) is 5.02 Å². The van der Waals surface area contributed by atoms with Crippen molar-refractivity contribution in [3.63, 3.8) is 0 Å². The number of halogens is 2. The Kier molecular flexibility index (Phi) is 5.19. The van der Waals surface area contributed by atoms with Crippen molar-refractivity contribution >= 4 is 23.2 Å². The molecule has 3 N–H and O–H groups in total. The predicted octanol–water partition coefficient (Wildman–Crippen LogP) is 3.45. The van der Waals surface area contributed by atoms with Crippen LogP contribution >= 0.6 is 23.2 Å². The molecule has 102 valence electrons. The maximum Gasteiger partial charge on any atom is 0.182 e. The molecule has 1 aromatic carbocycles. The average molecular weight is 299 g/mol. The quantitative estimate of drug-likeness (QED) is 0.803. The van der Waals surface area contributed by atoms with E-state index in [-0.39, 0.29) is 0 Å². The van der Waals surface area contributed by atoms with Gasteiger partial charge in [-0.05, 0) is 37.6 Å². The first-order valence-electron chi connectivity index (χ1n) is 6.27. The highest BCUT2D eigenvalue weighted by molar-refractivity contribution is 6.35. The molecule has 0 saturated heterocycles. The first-order valence-corrected chi connectivity index (χ1v) is 7.03. The molecule has 0 fully saturated rings. The van der Waals surface area contributed by atoms with E-state index in [2.05, 4.69) is 15.2 Å². The molecule has 1 heterocycles. The Hall–Kier alpha value is -1.10. The summed E-state index contributed by atoms with van der Waals surface area (Å²) in [5, 5.41) is 8.33. The van der Waals surface area contributed by atoms with Crippen molar-refractivity contribution in [3.8, 4) is 11.4 Å². The van der Waals surface area contributed by atoms with Gasteiger partial charge in [0, 0.05) is 17.0 Å². The highest BCUT2D eigenvalue weighted by Gasteiger charge is 2.10. The van der Waals surface area contributed by atoms with Crippen LogP contribution in [0.1, 0.15) is 25.1 Å². The minimum Gasteiger partial charge on any atom is -0.330 e. The molecule has 1 aromatic heterocycles. The number of aromatic nitrogens is 3. The second-order valence-electron chi connectivity index (χ2n) is 4.33. The minimum atomic E-state index is 0.585. The SMILES string of the molecule is NCCCCCc1nc(-c2cc(Cl)ccc2Cl)n[nH]1. The third kappa shape index (κ3) is 3.93. The number of aromatic amines is 1. The molecule has 0 bridgehead atoms. The van der Waals surface area contributed by atoms with Crippen LogP contribution in [0.3, 0.4) is 0 Å². The van der Waals surface area contributed by atoms with E-state index in [0.29, 0.717) is 15.9 Å². The number of hydrogen-bond donors (Lipinski definition) is 2. The first-order chi connectivity index (χ1) is 9.20. The maximum absolute atomic E-state index is 6.12. The summed E-state index contributed by atoms with van der Waals surface area (Å²) in [7, 11) is 0. The van der Waals surface area contributed by atoms with Gasteiger partial charge in [0.25, 0.3) is 0 Å². The van der Waals surface area contributed by atoms with Gasteiger partial charge >= 0.3 is 0 Å². The molecule has 0 aliphatic rings. The highest BCUT2D eigenvalue weighted by atomic mass is 35.5. The summed E-state index contributed by atoms with van der Waals surface area (Å²) in [6.45, 7) is 0.736. The summed E-state index contributed by atoms with van der Waals surface area (Å²) in [6, 6.07) is 5.26. The Bertz CT molecular complexity index is 539. The van der Waals surface area contributed by atoms with Crippen LogP contribution in [-0.2, 0) is 6.42 Å². The number of unbranched alkanes of at least 4 members (excludes halogenated alkanes) is 2. The summed E-state index contributed by atoms with van der Waals surface area (Å²) >= 11 is 12.1. The average Bonchev–Trinajstić information content (AvgIpc) is 2.86.